The lowest BCUT2D eigenvalue weighted by atomic mass is 9.87. The highest BCUT2D eigenvalue weighted by Gasteiger charge is 2.15. The fourth-order valence-electron chi connectivity index (χ4n) is 3.46. The Balaban J connectivity index is 1.52. The number of aromatic amines is 1. The minimum absolute atomic E-state index is 0.123. The minimum atomic E-state index is 0.123. The lowest BCUT2D eigenvalue weighted by Gasteiger charge is -2.18. The molecule has 0 aliphatic carbocycles. The summed E-state index contributed by atoms with van der Waals surface area (Å²) >= 11 is 5.94. The van der Waals surface area contributed by atoms with Crippen LogP contribution in [0.2, 0.25) is 5.02 Å². The monoisotopic (exact) mass is 446 g/mol. The Morgan fingerprint density at radius 3 is 2.31 bits per heavy atom. The van der Waals surface area contributed by atoms with Gasteiger partial charge in [-0.1, -0.05) is 68.8 Å². The van der Waals surface area contributed by atoms with Gasteiger partial charge in [0.25, 0.3) is 0 Å². The highest BCUT2D eigenvalue weighted by Crippen LogP contribution is 2.34. The van der Waals surface area contributed by atoms with Crippen LogP contribution in [-0.4, -0.2) is 17.1 Å². The zero-order valence-electron chi connectivity index (χ0n) is 18.8. The van der Waals surface area contributed by atoms with Gasteiger partial charge < -0.3 is 14.5 Å². The number of aromatic nitrogens is 2. The summed E-state index contributed by atoms with van der Waals surface area (Å²) in [6.07, 6.45) is 1.90. The molecule has 4 rings (SSSR count). The van der Waals surface area contributed by atoms with Gasteiger partial charge in [0.05, 0.1) is 12.8 Å². The van der Waals surface area contributed by atoms with Crippen LogP contribution in [0.25, 0.3) is 22.6 Å². The van der Waals surface area contributed by atoms with E-state index >= 15 is 0 Å². The van der Waals surface area contributed by atoms with Crippen LogP contribution in [0.1, 0.15) is 31.9 Å². The summed E-state index contributed by atoms with van der Waals surface area (Å²) in [5.41, 5.74) is 5.24. The maximum Gasteiger partial charge on any atom is 0.138 e. The van der Waals surface area contributed by atoms with E-state index in [1.54, 1.807) is 7.11 Å². The molecule has 0 saturated heterocycles. The zero-order valence-corrected chi connectivity index (χ0v) is 19.5. The maximum absolute atomic E-state index is 5.94. The molecule has 0 aliphatic heterocycles. The predicted molar refractivity (Wildman–Crippen MR) is 130 cm³/mol. The third-order valence-corrected chi connectivity index (χ3v) is 5.62. The molecule has 1 aromatic heterocycles. The Bertz CT molecular complexity index is 1190. The number of methoxy groups -OCH3 is 1. The molecule has 0 spiro atoms. The normalized spacial score (nSPS) is 11.4. The van der Waals surface area contributed by atoms with Gasteiger partial charge in [-0.15, -0.1) is 0 Å². The molecule has 1 heterocycles. The minimum Gasteiger partial charge on any atom is -0.496 e. The van der Waals surface area contributed by atoms with E-state index in [2.05, 4.69) is 50.0 Å². The van der Waals surface area contributed by atoms with Crippen molar-refractivity contribution in [2.24, 2.45) is 0 Å². The maximum atomic E-state index is 5.94. The van der Waals surface area contributed by atoms with Gasteiger partial charge in [-0.05, 0) is 40.8 Å². The molecule has 0 fully saturated rings. The first-order chi connectivity index (χ1) is 15.3. The molecule has 0 unspecified atom stereocenters. The lowest BCUT2D eigenvalue weighted by Crippen LogP contribution is -2.10. The Morgan fingerprint density at radius 2 is 1.66 bits per heavy atom. The molecule has 0 bridgehead atoms. The van der Waals surface area contributed by atoms with Crippen LogP contribution in [0, 0.1) is 0 Å². The second kappa shape index (κ2) is 9.09. The van der Waals surface area contributed by atoms with E-state index < -0.39 is 0 Å². The van der Waals surface area contributed by atoms with Crippen molar-refractivity contribution in [2.45, 2.75) is 32.8 Å². The first-order valence-corrected chi connectivity index (χ1v) is 10.9. The Morgan fingerprint density at radius 1 is 0.938 bits per heavy atom. The molecule has 164 valence electrons. The first-order valence-electron chi connectivity index (χ1n) is 10.6. The summed E-state index contributed by atoms with van der Waals surface area (Å²) in [5, 5.41) is 0.711. The van der Waals surface area contributed by atoms with Crippen molar-refractivity contribution < 1.29 is 9.47 Å². The number of halogens is 1. The van der Waals surface area contributed by atoms with Crippen LogP contribution in [0.5, 0.6) is 11.5 Å². The summed E-state index contributed by atoms with van der Waals surface area (Å²) in [6.45, 7) is 7.09. The Hall–Kier alpha value is -3.24. The molecule has 1 N–H and O–H groups in total. The van der Waals surface area contributed by atoms with E-state index in [0.717, 1.165) is 34.0 Å². The van der Waals surface area contributed by atoms with Crippen LogP contribution in [0.15, 0.2) is 72.9 Å². The molecule has 0 aliphatic rings. The molecule has 5 heteroatoms. The van der Waals surface area contributed by atoms with Gasteiger partial charge in [-0.3, -0.25) is 0 Å². The van der Waals surface area contributed by atoms with Crippen molar-refractivity contribution in [1.82, 2.24) is 9.97 Å². The number of benzene rings is 3. The van der Waals surface area contributed by atoms with Crippen molar-refractivity contribution in [3.63, 3.8) is 0 Å². The van der Waals surface area contributed by atoms with Crippen molar-refractivity contribution in [1.29, 1.82) is 0 Å². The number of nitrogens with zero attached hydrogens (tertiary/aromatic N) is 1. The lowest BCUT2D eigenvalue weighted by molar-refractivity contribution is 0.304. The average Bonchev–Trinajstić information content (AvgIpc) is 3.28. The highest BCUT2D eigenvalue weighted by molar-refractivity contribution is 6.30. The quantitative estimate of drug-likeness (QED) is 0.338. The summed E-state index contributed by atoms with van der Waals surface area (Å²) in [7, 11) is 1.65. The predicted octanol–water partition coefficient (Wildman–Crippen LogP) is 7.28. The fourth-order valence-corrected chi connectivity index (χ4v) is 3.58. The molecule has 0 saturated carbocycles. The Labute approximate surface area is 194 Å². The molecule has 0 atom stereocenters. The second-order valence-corrected chi connectivity index (χ2v) is 9.18. The summed E-state index contributed by atoms with van der Waals surface area (Å²) < 4.78 is 11.6. The van der Waals surface area contributed by atoms with Crippen molar-refractivity contribution >= 4 is 11.6 Å². The molecule has 4 aromatic rings. The first kappa shape index (κ1) is 22.0. The molecule has 4 nitrogen and oxygen atoms in total. The van der Waals surface area contributed by atoms with Crippen LogP contribution >= 0.6 is 11.6 Å². The van der Waals surface area contributed by atoms with E-state index in [1.165, 1.54) is 5.56 Å². The van der Waals surface area contributed by atoms with E-state index in [0.29, 0.717) is 17.4 Å². The third kappa shape index (κ3) is 4.97. The molecular weight excluding hydrogens is 420 g/mol. The number of rotatable bonds is 6. The number of hydrogen-bond donors (Lipinski definition) is 1. The molecule has 0 radical (unpaired) electrons. The van der Waals surface area contributed by atoms with E-state index in [9.17, 15) is 0 Å². The Kier molecular flexibility index (Phi) is 6.24. The largest absolute Gasteiger partial charge is 0.496 e. The molecule has 3 aromatic carbocycles. The van der Waals surface area contributed by atoms with Crippen LogP contribution < -0.4 is 9.47 Å². The van der Waals surface area contributed by atoms with Gasteiger partial charge in [0, 0.05) is 28.4 Å². The van der Waals surface area contributed by atoms with Crippen LogP contribution in [0.3, 0.4) is 0 Å². The van der Waals surface area contributed by atoms with Gasteiger partial charge in [0.1, 0.15) is 23.9 Å². The second-order valence-electron chi connectivity index (χ2n) is 8.74. The van der Waals surface area contributed by atoms with Gasteiger partial charge in [-0.2, -0.15) is 0 Å². The number of imidazole rings is 1. The summed E-state index contributed by atoms with van der Waals surface area (Å²) in [6, 6.07) is 21.9. The summed E-state index contributed by atoms with van der Waals surface area (Å²) in [4.78, 5) is 8.08. The SMILES string of the molecule is COc1cc(OCc2ccc(Cl)cc2)ccc1-c1c[nH]c(-c2ccc(C(C)(C)C)cc2)n1. The third-order valence-electron chi connectivity index (χ3n) is 5.37. The van der Waals surface area contributed by atoms with Gasteiger partial charge in [0.15, 0.2) is 0 Å². The molecular formula is C27H27ClN2O2. The average molecular weight is 447 g/mol. The van der Waals surface area contributed by atoms with Crippen molar-refractivity contribution in [3.8, 4) is 34.1 Å². The van der Waals surface area contributed by atoms with E-state index in [4.69, 9.17) is 26.1 Å². The van der Waals surface area contributed by atoms with Crippen molar-refractivity contribution in [2.75, 3.05) is 7.11 Å². The number of hydrogen-bond acceptors (Lipinski definition) is 3. The summed E-state index contributed by atoms with van der Waals surface area (Å²) in [5.74, 6) is 2.26. The highest BCUT2D eigenvalue weighted by atomic mass is 35.5. The van der Waals surface area contributed by atoms with E-state index in [-0.39, 0.29) is 5.41 Å². The number of ether oxygens (including phenoxy) is 2. The van der Waals surface area contributed by atoms with Crippen LogP contribution in [-0.2, 0) is 12.0 Å². The van der Waals surface area contributed by atoms with Crippen molar-refractivity contribution in [3.05, 3.63) is 89.1 Å². The van der Waals surface area contributed by atoms with Gasteiger partial charge in [0.2, 0.25) is 0 Å². The van der Waals surface area contributed by atoms with E-state index in [1.807, 2.05) is 48.7 Å². The van der Waals surface area contributed by atoms with Crippen LogP contribution in [0.4, 0.5) is 0 Å². The van der Waals surface area contributed by atoms with Gasteiger partial charge >= 0.3 is 0 Å². The standard InChI is InChI=1S/C27H27ClN2O2/c1-27(2,3)20-9-7-19(8-10-20)26-29-16-24(30-26)23-14-13-22(15-25(23)31-4)32-17-18-5-11-21(28)12-6-18/h5-16H,17H2,1-4H3,(H,29,30). The van der Waals surface area contributed by atoms with Gasteiger partial charge in [-0.25, -0.2) is 4.98 Å². The molecule has 32 heavy (non-hydrogen) atoms. The molecule has 0 amide bonds. The number of H-pyrrole nitrogens is 1. The fraction of sp³-hybridized carbons (Fsp3) is 0.222. The smallest absolute Gasteiger partial charge is 0.138 e. The zero-order chi connectivity index (χ0) is 22.7. The topological polar surface area (TPSA) is 47.1 Å². The number of nitrogens with one attached hydrogen (secondary N) is 1.